The largest absolute Gasteiger partial charge is 0.481 e. The minimum atomic E-state index is -1.93. The second-order valence-corrected chi connectivity index (χ2v) is 6.05. The smallest absolute Gasteiger partial charge is 0.324 e. The Bertz CT molecular complexity index is 805. The van der Waals surface area contributed by atoms with Crippen LogP contribution in [0.1, 0.15) is 25.8 Å². The Labute approximate surface area is 151 Å². The van der Waals surface area contributed by atoms with Crippen molar-refractivity contribution in [2.75, 3.05) is 13.2 Å². The summed E-state index contributed by atoms with van der Waals surface area (Å²) in [4.78, 5) is 36.8. The van der Waals surface area contributed by atoms with Crippen molar-refractivity contribution < 1.29 is 29.0 Å². The molecule has 0 spiro atoms. The first kappa shape index (κ1) is 19.5. The molecule has 0 radical (unpaired) electrons. The SMILES string of the molecule is CCOC(=O)C(CC(=O)O)(Cc1cn(C)c2ccccc12)C(=O)OCC. The molecule has 0 unspecified atom stereocenters. The molecule has 2 rings (SSSR count). The summed E-state index contributed by atoms with van der Waals surface area (Å²) in [6, 6.07) is 7.51. The van der Waals surface area contributed by atoms with E-state index in [9.17, 15) is 19.5 Å². The third-order valence-corrected chi connectivity index (χ3v) is 4.26. The molecule has 140 valence electrons. The fourth-order valence-electron chi connectivity index (χ4n) is 3.12. The van der Waals surface area contributed by atoms with Gasteiger partial charge in [0.2, 0.25) is 0 Å². The molecule has 7 nitrogen and oxygen atoms in total. The van der Waals surface area contributed by atoms with Gasteiger partial charge < -0.3 is 19.1 Å². The van der Waals surface area contributed by atoms with E-state index in [0.717, 1.165) is 10.9 Å². The molecule has 0 saturated heterocycles. The van der Waals surface area contributed by atoms with Gasteiger partial charge in [0.15, 0.2) is 5.41 Å². The van der Waals surface area contributed by atoms with E-state index in [1.54, 1.807) is 20.0 Å². The number of carboxylic acids is 1. The van der Waals surface area contributed by atoms with E-state index in [1.165, 1.54) is 0 Å². The molecular weight excluding hydrogens is 338 g/mol. The van der Waals surface area contributed by atoms with Gasteiger partial charge in [0.1, 0.15) is 0 Å². The highest BCUT2D eigenvalue weighted by atomic mass is 16.6. The summed E-state index contributed by atoms with van der Waals surface area (Å²) in [5.74, 6) is -3.03. The molecule has 0 aliphatic heterocycles. The maximum atomic E-state index is 12.7. The molecule has 1 N–H and O–H groups in total. The number of ether oxygens (including phenoxy) is 2. The van der Waals surface area contributed by atoms with E-state index in [4.69, 9.17) is 9.47 Å². The molecule has 26 heavy (non-hydrogen) atoms. The Hall–Kier alpha value is -2.83. The Morgan fingerprint density at radius 2 is 1.65 bits per heavy atom. The number of carboxylic acid groups (broad SMARTS) is 1. The number of aryl methyl sites for hydroxylation is 1. The average molecular weight is 361 g/mol. The molecule has 0 atom stereocenters. The number of rotatable bonds is 8. The molecule has 0 bridgehead atoms. The second-order valence-electron chi connectivity index (χ2n) is 6.05. The van der Waals surface area contributed by atoms with E-state index >= 15 is 0 Å². The zero-order valence-electron chi connectivity index (χ0n) is 15.2. The number of carbonyl (C=O) groups excluding carboxylic acids is 2. The maximum absolute atomic E-state index is 12.7. The number of benzene rings is 1. The van der Waals surface area contributed by atoms with E-state index < -0.39 is 29.7 Å². The number of aromatic nitrogens is 1. The van der Waals surface area contributed by atoms with Crippen LogP contribution < -0.4 is 0 Å². The lowest BCUT2D eigenvalue weighted by molar-refractivity contribution is -0.176. The van der Waals surface area contributed by atoms with Crippen LogP contribution in [-0.2, 0) is 37.3 Å². The van der Waals surface area contributed by atoms with Crippen LogP contribution in [0.3, 0.4) is 0 Å². The number of hydrogen-bond acceptors (Lipinski definition) is 5. The van der Waals surface area contributed by atoms with Crippen LogP contribution in [0.4, 0.5) is 0 Å². The number of carbonyl (C=O) groups is 3. The highest BCUT2D eigenvalue weighted by Crippen LogP contribution is 2.34. The monoisotopic (exact) mass is 361 g/mol. The molecule has 7 heteroatoms. The summed E-state index contributed by atoms with van der Waals surface area (Å²) >= 11 is 0. The van der Waals surface area contributed by atoms with E-state index in [-0.39, 0.29) is 19.6 Å². The fraction of sp³-hybridized carbons (Fsp3) is 0.421. The fourth-order valence-corrected chi connectivity index (χ4v) is 3.12. The Balaban J connectivity index is 2.58. The first-order valence-corrected chi connectivity index (χ1v) is 8.45. The molecule has 0 amide bonds. The number of hydrogen-bond donors (Lipinski definition) is 1. The van der Waals surface area contributed by atoms with Crippen molar-refractivity contribution in [1.82, 2.24) is 4.57 Å². The van der Waals surface area contributed by atoms with Crippen LogP contribution in [0.15, 0.2) is 30.5 Å². The molecule has 2 aromatic rings. The third kappa shape index (κ3) is 3.71. The van der Waals surface area contributed by atoms with Gasteiger partial charge >= 0.3 is 17.9 Å². The summed E-state index contributed by atoms with van der Waals surface area (Å²) in [5, 5.41) is 10.2. The molecule has 0 aliphatic rings. The lowest BCUT2D eigenvalue weighted by Gasteiger charge is -2.27. The van der Waals surface area contributed by atoms with Crippen LogP contribution in [0.5, 0.6) is 0 Å². The van der Waals surface area contributed by atoms with Crippen LogP contribution in [0.25, 0.3) is 10.9 Å². The van der Waals surface area contributed by atoms with E-state index in [0.29, 0.717) is 5.56 Å². The number of esters is 2. The summed E-state index contributed by atoms with van der Waals surface area (Å²) in [6.07, 6.45) is 0.978. The average Bonchev–Trinajstić information content (AvgIpc) is 2.90. The summed E-state index contributed by atoms with van der Waals surface area (Å²) in [6.45, 7) is 3.28. The first-order valence-electron chi connectivity index (χ1n) is 8.45. The zero-order valence-corrected chi connectivity index (χ0v) is 15.2. The number of nitrogens with zero attached hydrogens (tertiary/aromatic N) is 1. The van der Waals surface area contributed by atoms with Gasteiger partial charge in [0.05, 0.1) is 19.6 Å². The van der Waals surface area contributed by atoms with Gasteiger partial charge in [-0.15, -0.1) is 0 Å². The van der Waals surface area contributed by atoms with Crippen molar-refractivity contribution in [3.05, 3.63) is 36.0 Å². The molecule has 1 aromatic carbocycles. The minimum absolute atomic E-state index is 0.0368. The van der Waals surface area contributed by atoms with Gasteiger partial charge in [-0.25, -0.2) is 0 Å². The third-order valence-electron chi connectivity index (χ3n) is 4.26. The second kappa shape index (κ2) is 8.03. The van der Waals surface area contributed by atoms with Crippen molar-refractivity contribution in [2.24, 2.45) is 12.5 Å². The topological polar surface area (TPSA) is 94.8 Å². The van der Waals surface area contributed by atoms with Crippen molar-refractivity contribution in [3.8, 4) is 0 Å². The van der Waals surface area contributed by atoms with Crippen molar-refractivity contribution in [3.63, 3.8) is 0 Å². The van der Waals surface area contributed by atoms with Gasteiger partial charge in [0, 0.05) is 30.6 Å². The molecular formula is C19H23NO6. The normalized spacial score (nSPS) is 11.3. The van der Waals surface area contributed by atoms with Crippen molar-refractivity contribution in [1.29, 1.82) is 0 Å². The van der Waals surface area contributed by atoms with Crippen LogP contribution in [0.2, 0.25) is 0 Å². The minimum Gasteiger partial charge on any atom is -0.481 e. The molecule has 0 aliphatic carbocycles. The van der Waals surface area contributed by atoms with Gasteiger partial charge in [0.25, 0.3) is 0 Å². The lowest BCUT2D eigenvalue weighted by Crippen LogP contribution is -2.45. The van der Waals surface area contributed by atoms with Gasteiger partial charge in [-0.1, -0.05) is 18.2 Å². The maximum Gasteiger partial charge on any atom is 0.324 e. The van der Waals surface area contributed by atoms with Crippen LogP contribution in [0, 0.1) is 5.41 Å². The quantitative estimate of drug-likeness (QED) is 0.573. The number of para-hydroxylation sites is 1. The molecule has 1 aromatic heterocycles. The summed E-state index contributed by atoms with van der Waals surface area (Å²) < 4.78 is 12.0. The lowest BCUT2D eigenvalue weighted by atomic mass is 9.78. The molecule has 1 heterocycles. The van der Waals surface area contributed by atoms with Gasteiger partial charge in [-0.05, 0) is 25.5 Å². The number of aliphatic carboxylic acids is 1. The van der Waals surface area contributed by atoms with Gasteiger partial charge in [-0.3, -0.25) is 14.4 Å². The zero-order chi connectivity index (χ0) is 19.3. The predicted octanol–water partition coefficient (Wildman–Crippen LogP) is 2.31. The van der Waals surface area contributed by atoms with E-state index in [2.05, 4.69) is 0 Å². The highest BCUT2D eigenvalue weighted by Gasteiger charge is 2.51. The molecule has 0 fully saturated rings. The number of fused-ring (bicyclic) bond motifs is 1. The van der Waals surface area contributed by atoms with Crippen molar-refractivity contribution in [2.45, 2.75) is 26.7 Å². The molecule has 0 saturated carbocycles. The van der Waals surface area contributed by atoms with Crippen molar-refractivity contribution >= 4 is 28.8 Å². The summed E-state index contributed by atoms with van der Waals surface area (Å²) in [7, 11) is 1.85. The van der Waals surface area contributed by atoms with Crippen LogP contribution in [-0.4, -0.2) is 40.8 Å². The Morgan fingerprint density at radius 1 is 1.08 bits per heavy atom. The van der Waals surface area contributed by atoms with Crippen LogP contribution >= 0.6 is 0 Å². The standard InChI is InChI=1S/C19H23NO6/c1-4-25-17(23)19(11-16(21)22,18(24)26-5-2)10-13-12-20(3)15-9-7-6-8-14(13)15/h6-9,12H,4-5,10-11H2,1-3H3,(H,21,22). The van der Waals surface area contributed by atoms with E-state index in [1.807, 2.05) is 35.9 Å². The van der Waals surface area contributed by atoms with Gasteiger partial charge in [-0.2, -0.15) is 0 Å². The summed E-state index contributed by atoms with van der Waals surface area (Å²) in [5.41, 5.74) is -0.327. The predicted molar refractivity (Wildman–Crippen MR) is 94.6 cm³/mol. The first-order chi connectivity index (χ1) is 12.4. The Kier molecular flexibility index (Phi) is 6.02. The highest BCUT2D eigenvalue weighted by molar-refractivity contribution is 6.03. The Morgan fingerprint density at radius 3 is 2.19 bits per heavy atom.